The maximum absolute atomic E-state index is 10.0. The van der Waals surface area contributed by atoms with E-state index in [1.807, 2.05) is 0 Å². The van der Waals surface area contributed by atoms with Crippen LogP contribution in [0.5, 0.6) is 5.75 Å². The lowest BCUT2D eigenvalue weighted by Crippen LogP contribution is -2.00. The predicted molar refractivity (Wildman–Crippen MR) is 40.4 cm³/mol. The summed E-state index contributed by atoms with van der Waals surface area (Å²) in [6.45, 7) is 0. The molecule has 2 N–H and O–H groups in total. The quantitative estimate of drug-likeness (QED) is 0.518. The molecule has 0 aliphatic carbocycles. The van der Waals surface area contributed by atoms with E-state index in [1.165, 1.54) is 6.07 Å². The maximum Gasteiger partial charge on any atom is 0.162 e. The lowest BCUT2D eigenvalue weighted by molar-refractivity contribution is 0.441. The van der Waals surface area contributed by atoms with Gasteiger partial charge in [0.05, 0.1) is 5.69 Å². The zero-order chi connectivity index (χ0) is 8.27. The summed E-state index contributed by atoms with van der Waals surface area (Å²) in [6.07, 6.45) is 0. The van der Waals surface area contributed by atoms with Gasteiger partial charge in [-0.1, -0.05) is 12.1 Å². The van der Waals surface area contributed by atoms with Gasteiger partial charge in [0.1, 0.15) is 11.4 Å². The van der Waals surface area contributed by atoms with Gasteiger partial charge in [-0.05, 0) is 12.1 Å². The molecular formula is C6H6NO3S-. The van der Waals surface area contributed by atoms with Crippen LogP contribution in [0.25, 0.3) is 0 Å². The Balaban J connectivity index is 2.86. The van der Waals surface area contributed by atoms with Crippen LogP contribution in [-0.4, -0.2) is 8.76 Å². The number of nitrogen functional groups attached to an aromatic ring is 1. The summed E-state index contributed by atoms with van der Waals surface area (Å²) in [5.74, 6) is 0.154. The minimum absolute atomic E-state index is 0.154. The highest BCUT2D eigenvalue weighted by molar-refractivity contribution is 7.74. The monoisotopic (exact) mass is 172 g/mol. The van der Waals surface area contributed by atoms with Crippen LogP contribution in [0, 0.1) is 0 Å². The first-order chi connectivity index (χ1) is 5.20. The van der Waals surface area contributed by atoms with E-state index in [9.17, 15) is 8.76 Å². The second-order valence-electron chi connectivity index (χ2n) is 1.83. The van der Waals surface area contributed by atoms with E-state index < -0.39 is 11.4 Å². The third-order valence-electron chi connectivity index (χ3n) is 1.08. The third-order valence-corrected chi connectivity index (χ3v) is 1.39. The SMILES string of the molecule is Nc1ccccc1OS(=O)[O-]. The van der Waals surface area contributed by atoms with E-state index in [1.54, 1.807) is 18.2 Å². The van der Waals surface area contributed by atoms with Crippen LogP contribution in [0.15, 0.2) is 24.3 Å². The van der Waals surface area contributed by atoms with Crippen LogP contribution >= 0.6 is 0 Å². The molecule has 5 heteroatoms. The normalized spacial score (nSPS) is 12.5. The van der Waals surface area contributed by atoms with Crippen LogP contribution in [0.3, 0.4) is 0 Å². The van der Waals surface area contributed by atoms with Crippen LogP contribution in [0.4, 0.5) is 5.69 Å². The molecule has 1 aromatic carbocycles. The number of hydrogen-bond acceptors (Lipinski definition) is 4. The van der Waals surface area contributed by atoms with Crippen molar-refractivity contribution in [2.75, 3.05) is 5.73 Å². The highest BCUT2D eigenvalue weighted by Gasteiger charge is 1.96. The number of nitrogens with two attached hydrogens (primary N) is 1. The number of hydrogen-bond donors (Lipinski definition) is 1. The molecule has 0 saturated heterocycles. The summed E-state index contributed by atoms with van der Waals surface area (Å²) in [4.78, 5) is 0. The molecule has 0 fully saturated rings. The Morgan fingerprint density at radius 1 is 1.45 bits per heavy atom. The smallest absolute Gasteiger partial charge is 0.162 e. The Morgan fingerprint density at radius 3 is 2.64 bits per heavy atom. The molecule has 0 amide bonds. The molecule has 4 nitrogen and oxygen atoms in total. The molecule has 1 unspecified atom stereocenters. The van der Waals surface area contributed by atoms with Crippen molar-refractivity contribution < 1.29 is 12.9 Å². The molecule has 0 heterocycles. The zero-order valence-electron chi connectivity index (χ0n) is 5.52. The molecule has 60 valence electrons. The Hall–Kier alpha value is -1.07. The van der Waals surface area contributed by atoms with Crippen LogP contribution in [0.2, 0.25) is 0 Å². The average Bonchev–Trinajstić information content (AvgIpc) is 1.93. The Kier molecular flexibility index (Phi) is 2.45. The molecule has 11 heavy (non-hydrogen) atoms. The highest BCUT2D eigenvalue weighted by Crippen LogP contribution is 2.19. The number of rotatable bonds is 2. The van der Waals surface area contributed by atoms with Gasteiger partial charge in [0.15, 0.2) is 5.75 Å². The largest absolute Gasteiger partial charge is 0.740 e. The Morgan fingerprint density at radius 2 is 2.09 bits per heavy atom. The molecule has 0 bridgehead atoms. The van der Waals surface area contributed by atoms with Gasteiger partial charge in [-0.2, -0.15) is 0 Å². The standard InChI is InChI=1S/C6H7NO3S/c7-5-3-1-2-4-6(5)10-11(8)9/h1-4H,7H2,(H,8,9)/p-1. The van der Waals surface area contributed by atoms with E-state index in [4.69, 9.17) is 5.73 Å². The van der Waals surface area contributed by atoms with Crippen molar-refractivity contribution in [2.45, 2.75) is 0 Å². The number of anilines is 1. The first-order valence-corrected chi connectivity index (χ1v) is 3.82. The van der Waals surface area contributed by atoms with Crippen molar-refractivity contribution in [3.8, 4) is 5.75 Å². The zero-order valence-corrected chi connectivity index (χ0v) is 6.34. The minimum atomic E-state index is -2.56. The summed E-state index contributed by atoms with van der Waals surface area (Å²) in [7, 11) is 0. The second kappa shape index (κ2) is 3.36. The summed E-state index contributed by atoms with van der Waals surface area (Å²) >= 11 is -2.56. The predicted octanol–water partition coefficient (Wildman–Crippen LogP) is 0.442. The molecule has 0 radical (unpaired) electrons. The number of benzene rings is 1. The summed E-state index contributed by atoms with van der Waals surface area (Å²) in [6, 6.07) is 6.36. The van der Waals surface area contributed by atoms with Crippen LogP contribution in [0.1, 0.15) is 0 Å². The minimum Gasteiger partial charge on any atom is -0.740 e. The highest BCUT2D eigenvalue weighted by atomic mass is 32.2. The van der Waals surface area contributed by atoms with E-state index >= 15 is 0 Å². The van der Waals surface area contributed by atoms with Gasteiger partial charge in [-0.3, -0.25) is 0 Å². The molecule has 0 saturated carbocycles. The fourth-order valence-electron chi connectivity index (χ4n) is 0.630. The van der Waals surface area contributed by atoms with Crippen molar-refractivity contribution in [3.05, 3.63) is 24.3 Å². The average molecular weight is 172 g/mol. The fourth-order valence-corrected chi connectivity index (χ4v) is 0.928. The Bertz CT molecular complexity index is 276. The van der Waals surface area contributed by atoms with Crippen molar-refractivity contribution in [1.29, 1.82) is 0 Å². The topological polar surface area (TPSA) is 75.4 Å². The van der Waals surface area contributed by atoms with E-state index in [0.717, 1.165) is 0 Å². The van der Waals surface area contributed by atoms with Crippen molar-refractivity contribution in [1.82, 2.24) is 0 Å². The molecule has 0 aliphatic rings. The molecule has 1 rings (SSSR count). The van der Waals surface area contributed by atoms with Gasteiger partial charge < -0.3 is 14.5 Å². The van der Waals surface area contributed by atoms with Gasteiger partial charge in [0.25, 0.3) is 0 Å². The summed E-state index contributed by atoms with van der Waals surface area (Å²) in [5.41, 5.74) is 5.67. The second-order valence-corrected chi connectivity index (χ2v) is 2.40. The van der Waals surface area contributed by atoms with E-state index in [0.29, 0.717) is 5.69 Å². The van der Waals surface area contributed by atoms with E-state index in [-0.39, 0.29) is 5.75 Å². The van der Waals surface area contributed by atoms with Gasteiger partial charge in [-0.15, -0.1) is 0 Å². The van der Waals surface area contributed by atoms with Crippen molar-refractivity contribution in [3.63, 3.8) is 0 Å². The molecule has 1 atom stereocenters. The number of para-hydroxylation sites is 2. The molecule has 0 aliphatic heterocycles. The summed E-state index contributed by atoms with van der Waals surface area (Å²) < 4.78 is 24.4. The van der Waals surface area contributed by atoms with Crippen LogP contribution < -0.4 is 9.92 Å². The van der Waals surface area contributed by atoms with Crippen LogP contribution in [-0.2, 0) is 11.4 Å². The fraction of sp³-hybridized carbons (Fsp3) is 0. The first-order valence-electron chi connectivity index (χ1n) is 2.82. The lowest BCUT2D eigenvalue weighted by Gasteiger charge is -2.08. The summed E-state index contributed by atoms with van der Waals surface area (Å²) in [5, 5.41) is 0. The van der Waals surface area contributed by atoms with Crippen molar-refractivity contribution >= 4 is 17.0 Å². The molecule has 0 spiro atoms. The Labute approximate surface area is 66.5 Å². The third kappa shape index (κ3) is 2.21. The van der Waals surface area contributed by atoms with Gasteiger partial charge in [0, 0.05) is 0 Å². The molecule has 1 aromatic rings. The van der Waals surface area contributed by atoms with Gasteiger partial charge in [0.2, 0.25) is 0 Å². The first kappa shape index (κ1) is 8.03. The van der Waals surface area contributed by atoms with Crippen molar-refractivity contribution in [2.24, 2.45) is 0 Å². The van der Waals surface area contributed by atoms with E-state index in [2.05, 4.69) is 4.18 Å². The van der Waals surface area contributed by atoms with Gasteiger partial charge >= 0.3 is 0 Å². The molecular weight excluding hydrogens is 166 g/mol. The van der Waals surface area contributed by atoms with Gasteiger partial charge in [-0.25, -0.2) is 4.21 Å². The lowest BCUT2D eigenvalue weighted by atomic mass is 10.3. The maximum atomic E-state index is 10.0. The molecule has 0 aromatic heterocycles.